The van der Waals surface area contributed by atoms with Crippen molar-refractivity contribution in [2.45, 2.75) is 17.9 Å². The lowest BCUT2D eigenvalue weighted by Crippen LogP contribution is -2.45. The Kier molecular flexibility index (Phi) is 6.37. The molecule has 1 N–H and O–H groups in total. The first-order valence-electron chi connectivity index (χ1n) is 7.42. The topological polar surface area (TPSA) is 66.5 Å². The van der Waals surface area contributed by atoms with Crippen LogP contribution in [0.25, 0.3) is 0 Å². The van der Waals surface area contributed by atoms with Crippen molar-refractivity contribution < 1.29 is 13.2 Å². The van der Waals surface area contributed by atoms with Crippen LogP contribution in [0.3, 0.4) is 0 Å². The number of halogens is 1. The highest BCUT2D eigenvalue weighted by Gasteiger charge is 2.29. The van der Waals surface area contributed by atoms with Crippen LogP contribution < -0.4 is 9.62 Å². The van der Waals surface area contributed by atoms with E-state index in [1.54, 1.807) is 49.0 Å². The van der Waals surface area contributed by atoms with Crippen LogP contribution >= 0.6 is 23.4 Å². The Morgan fingerprint density at radius 2 is 1.84 bits per heavy atom. The van der Waals surface area contributed by atoms with Gasteiger partial charge in [-0.3, -0.25) is 9.10 Å². The standard InChI is InChI=1S/C17H19ClN2O3S2/c1-12(17(21)19-14-5-4-6-16(11-14)24-2)20(25(3,22)23)15-9-7-13(18)8-10-15/h4-12H,1-3H3,(H,19,21)/t12-/m0/s1. The van der Waals surface area contributed by atoms with Crippen LogP contribution in [-0.2, 0) is 14.8 Å². The number of hydrogen-bond donors (Lipinski definition) is 1. The summed E-state index contributed by atoms with van der Waals surface area (Å²) >= 11 is 7.42. The number of hydrogen-bond acceptors (Lipinski definition) is 4. The van der Waals surface area contributed by atoms with E-state index < -0.39 is 22.0 Å². The number of thioether (sulfide) groups is 1. The molecule has 0 aliphatic carbocycles. The molecule has 2 rings (SSSR count). The van der Waals surface area contributed by atoms with Gasteiger partial charge >= 0.3 is 0 Å². The Labute approximate surface area is 157 Å². The van der Waals surface area contributed by atoms with E-state index in [-0.39, 0.29) is 0 Å². The van der Waals surface area contributed by atoms with Crippen molar-refractivity contribution in [3.05, 3.63) is 53.6 Å². The molecule has 1 amide bonds. The summed E-state index contributed by atoms with van der Waals surface area (Å²) in [5.74, 6) is -0.418. The molecule has 134 valence electrons. The molecule has 0 heterocycles. The highest BCUT2D eigenvalue weighted by atomic mass is 35.5. The van der Waals surface area contributed by atoms with Gasteiger partial charge in [-0.15, -0.1) is 11.8 Å². The number of amides is 1. The average Bonchev–Trinajstić information content (AvgIpc) is 2.55. The molecule has 0 radical (unpaired) electrons. The highest BCUT2D eigenvalue weighted by molar-refractivity contribution is 7.98. The van der Waals surface area contributed by atoms with E-state index in [1.807, 2.05) is 24.5 Å². The third kappa shape index (κ3) is 5.14. The van der Waals surface area contributed by atoms with Crippen LogP contribution in [0.2, 0.25) is 5.02 Å². The number of sulfonamides is 1. The predicted molar refractivity (Wildman–Crippen MR) is 105 cm³/mol. The second kappa shape index (κ2) is 8.12. The average molecular weight is 399 g/mol. The minimum atomic E-state index is -3.65. The summed E-state index contributed by atoms with van der Waals surface area (Å²) in [4.78, 5) is 13.6. The number of carbonyl (C=O) groups is 1. The van der Waals surface area contributed by atoms with E-state index in [0.29, 0.717) is 16.4 Å². The van der Waals surface area contributed by atoms with Crippen molar-refractivity contribution in [3.8, 4) is 0 Å². The summed E-state index contributed by atoms with van der Waals surface area (Å²) in [7, 11) is -3.65. The number of nitrogens with zero attached hydrogens (tertiary/aromatic N) is 1. The minimum Gasteiger partial charge on any atom is -0.324 e. The Balaban J connectivity index is 2.28. The summed E-state index contributed by atoms with van der Waals surface area (Å²) in [5.41, 5.74) is 1.00. The maximum atomic E-state index is 12.6. The van der Waals surface area contributed by atoms with Crippen LogP contribution in [-0.4, -0.2) is 32.9 Å². The van der Waals surface area contributed by atoms with Gasteiger partial charge in [0.05, 0.1) is 11.9 Å². The largest absolute Gasteiger partial charge is 0.324 e. The maximum Gasteiger partial charge on any atom is 0.247 e. The number of benzene rings is 2. The van der Waals surface area contributed by atoms with E-state index in [0.717, 1.165) is 15.5 Å². The Morgan fingerprint density at radius 3 is 2.40 bits per heavy atom. The second-order valence-corrected chi connectivity index (χ2v) is 8.61. The normalized spacial score (nSPS) is 12.5. The van der Waals surface area contributed by atoms with Crippen molar-refractivity contribution in [1.82, 2.24) is 0 Å². The summed E-state index contributed by atoms with van der Waals surface area (Å²) < 4.78 is 25.5. The van der Waals surface area contributed by atoms with Crippen LogP contribution in [0.1, 0.15) is 6.92 Å². The second-order valence-electron chi connectivity index (χ2n) is 5.43. The molecule has 1 atom stereocenters. The molecule has 2 aromatic carbocycles. The smallest absolute Gasteiger partial charge is 0.247 e. The zero-order valence-electron chi connectivity index (χ0n) is 14.1. The van der Waals surface area contributed by atoms with Crippen molar-refractivity contribution in [1.29, 1.82) is 0 Å². The van der Waals surface area contributed by atoms with Gasteiger partial charge < -0.3 is 5.32 Å². The van der Waals surface area contributed by atoms with Gasteiger partial charge in [0.25, 0.3) is 0 Å². The molecule has 0 spiro atoms. The molecule has 0 fully saturated rings. The molecule has 0 saturated heterocycles. The van der Waals surface area contributed by atoms with Gasteiger partial charge in [0.1, 0.15) is 6.04 Å². The lowest BCUT2D eigenvalue weighted by molar-refractivity contribution is -0.116. The first-order valence-corrected chi connectivity index (χ1v) is 10.9. The number of nitrogens with one attached hydrogen (secondary N) is 1. The third-order valence-electron chi connectivity index (χ3n) is 3.51. The molecule has 0 aromatic heterocycles. The molecule has 0 bridgehead atoms. The van der Waals surface area contributed by atoms with Crippen LogP contribution in [0.15, 0.2) is 53.4 Å². The molecular formula is C17H19ClN2O3S2. The molecular weight excluding hydrogens is 380 g/mol. The van der Waals surface area contributed by atoms with Gasteiger partial charge in [-0.25, -0.2) is 8.42 Å². The van der Waals surface area contributed by atoms with Crippen molar-refractivity contribution >= 4 is 50.7 Å². The Morgan fingerprint density at radius 1 is 1.20 bits per heavy atom. The van der Waals surface area contributed by atoms with Gasteiger partial charge in [0, 0.05) is 15.6 Å². The zero-order valence-corrected chi connectivity index (χ0v) is 16.5. The molecule has 2 aromatic rings. The quantitative estimate of drug-likeness (QED) is 0.750. The molecule has 0 saturated carbocycles. The van der Waals surface area contributed by atoms with Gasteiger partial charge in [-0.2, -0.15) is 0 Å². The lowest BCUT2D eigenvalue weighted by Gasteiger charge is -2.28. The SMILES string of the molecule is CSc1cccc(NC(=O)[C@H](C)N(c2ccc(Cl)cc2)S(C)(=O)=O)c1. The fourth-order valence-corrected chi connectivity index (χ4v) is 4.10. The number of anilines is 2. The third-order valence-corrected chi connectivity index (χ3v) is 5.73. The maximum absolute atomic E-state index is 12.6. The van der Waals surface area contributed by atoms with E-state index in [4.69, 9.17) is 11.6 Å². The molecule has 8 heteroatoms. The lowest BCUT2D eigenvalue weighted by atomic mass is 10.2. The van der Waals surface area contributed by atoms with E-state index in [2.05, 4.69) is 5.32 Å². The van der Waals surface area contributed by atoms with Crippen molar-refractivity contribution in [2.75, 3.05) is 22.1 Å². The number of carbonyl (C=O) groups excluding carboxylic acids is 1. The van der Waals surface area contributed by atoms with Gasteiger partial charge in [0.15, 0.2) is 0 Å². The monoisotopic (exact) mass is 398 g/mol. The van der Waals surface area contributed by atoms with Crippen LogP contribution in [0.5, 0.6) is 0 Å². The van der Waals surface area contributed by atoms with E-state index in [1.165, 1.54) is 0 Å². The van der Waals surface area contributed by atoms with E-state index in [9.17, 15) is 13.2 Å². The zero-order chi connectivity index (χ0) is 18.6. The van der Waals surface area contributed by atoms with Crippen LogP contribution in [0.4, 0.5) is 11.4 Å². The van der Waals surface area contributed by atoms with Crippen molar-refractivity contribution in [2.24, 2.45) is 0 Å². The molecule has 0 aliphatic heterocycles. The number of rotatable bonds is 6. The highest BCUT2D eigenvalue weighted by Crippen LogP contribution is 2.24. The van der Waals surface area contributed by atoms with Gasteiger partial charge in [-0.1, -0.05) is 17.7 Å². The predicted octanol–water partition coefficient (Wildman–Crippen LogP) is 3.86. The molecule has 25 heavy (non-hydrogen) atoms. The molecule has 0 unspecified atom stereocenters. The summed E-state index contributed by atoms with van der Waals surface area (Å²) in [6, 6.07) is 12.8. The fourth-order valence-electron chi connectivity index (χ4n) is 2.34. The Bertz CT molecular complexity index is 854. The summed E-state index contributed by atoms with van der Waals surface area (Å²) in [6.45, 7) is 1.55. The van der Waals surface area contributed by atoms with E-state index >= 15 is 0 Å². The summed E-state index contributed by atoms with van der Waals surface area (Å²) in [6.07, 6.45) is 3.01. The van der Waals surface area contributed by atoms with Crippen LogP contribution in [0, 0.1) is 0 Å². The Hall–Kier alpha value is -1.70. The van der Waals surface area contributed by atoms with Crippen molar-refractivity contribution in [3.63, 3.8) is 0 Å². The fraction of sp³-hybridized carbons (Fsp3) is 0.235. The molecule has 5 nitrogen and oxygen atoms in total. The summed E-state index contributed by atoms with van der Waals surface area (Å²) in [5, 5.41) is 3.25. The minimum absolute atomic E-state index is 0.382. The van der Waals surface area contributed by atoms with Gasteiger partial charge in [-0.05, 0) is 55.6 Å². The van der Waals surface area contributed by atoms with Gasteiger partial charge in [0.2, 0.25) is 15.9 Å². The first kappa shape index (κ1) is 19.6. The first-order chi connectivity index (χ1) is 11.7. The molecule has 0 aliphatic rings.